The zero-order chi connectivity index (χ0) is 20.3. The summed E-state index contributed by atoms with van der Waals surface area (Å²) in [4.78, 5) is 29.6. The molecule has 1 aliphatic rings. The van der Waals surface area contributed by atoms with Crippen LogP contribution in [0.1, 0.15) is 43.6 Å². The lowest BCUT2D eigenvalue weighted by molar-refractivity contribution is -0.119. The second-order valence-corrected chi connectivity index (χ2v) is 8.22. The number of aromatic amines is 1. The summed E-state index contributed by atoms with van der Waals surface area (Å²) in [5, 5.41) is 13.6. The van der Waals surface area contributed by atoms with Gasteiger partial charge in [-0.1, -0.05) is 0 Å². The average Bonchev–Trinajstić information content (AvgIpc) is 3.04. The highest BCUT2D eigenvalue weighted by molar-refractivity contribution is 6.00. The van der Waals surface area contributed by atoms with Gasteiger partial charge in [0, 0.05) is 36.8 Å². The van der Waals surface area contributed by atoms with Gasteiger partial charge in [0.2, 0.25) is 5.91 Å². The largest absolute Gasteiger partial charge is 0.390 e. The van der Waals surface area contributed by atoms with E-state index in [1.54, 1.807) is 6.07 Å². The number of amides is 2. The number of likely N-dealkylation sites (tertiary alicyclic amines) is 1. The fraction of sp³-hybridized carbons (Fsp3) is 0.524. The summed E-state index contributed by atoms with van der Waals surface area (Å²) in [5.41, 5.74) is 1.41. The predicted molar refractivity (Wildman–Crippen MR) is 108 cm³/mol. The third-order valence-corrected chi connectivity index (χ3v) is 5.10. The smallest absolute Gasteiger partial charge is 0.270 e. The maximum absolute atomic E-state index is 12.9. The minimum absolute atomic E-state index is 0.00166. The second kappa shape index (κ2) is 8.32. The van der Waals surface area contributed by atoms with Crippen LogP contribution in [-0.4, -0.2) is 59.2 Å². The van der Waals surface area contributed by atoms with Crippen molar-refractivity contribution in [2.75, 3.05) is 32.1 Å². The third-order valence-electron chi connectivity index (χ3n) is 5.10. The number of methoxy groups -OCH3 is 1. The van der Waals surface area contributed by atoms with Crippen molar-refractivity contribution in [2.45, 2.75) is 38.7 Å². The standard InChI is InChI=1S/C21H29N3O4/c1-21(2,27)12-14-6-8-24(9-7-14)20(26)18-11-15-10-16(4-5-17(15)23-18)22-19(25)13-28-3/h4-5,10-11,14,23,27H,6-9,12-13H2,1-3H3,(H,22,25). The Balaban J connectivity index is 1.65. The van der Waals surface area contributed by atoms with Gasteiger partial charge in [0.25, 0.3) is 5.91 Å². The summed E-state index contributed by atoms with van der Waals surface area (Å²) in [6.07, 6.45) is 2.58. The van der Waals surface area contributed by atoms with E-state index >= 15 is 0 Å². The number of hydrogen-bond donors (Lipinski definition) is 3. The SMILES string of the molecule is COCC(=O)Nc1ccc2[nH]c(C(=O)N3CCC(CC(C)(C)O)CC3)cc2c1. The van der Waals surface area contributed by atoms with Crippen molar-refractivity contribution in [3.8, 4) is 0 Å². The maximum Gasteiger partial charge on any atom is 0.270 e. The number of carbonyl (C=O) groups is 2. The lowest BCUT2D eigenvalue weighted by Crippen LogP contribution is -2.40. The Hall–Kier alpha value is -2.38. The highest BCUT2D eigenvalue weighted by Crippen LogP contribution is 2.27. The first-order chi connectivity index (χ1) is 13.2. The first-order valence-electron chi connectivity index (χ1n) is 9.68. The minimum Gasteiger partial charge on any atom is -0.390 e. The molecule has 7 heteroatoms. The molecule has 1 fully saturated rings. The lowest BCUT2D eigenvalue weighted by atomic mass is 9.86. The molecule has 2 amide bonds. The maximum atomic E-state index is 12.9. The zero-order valence-electron chi connectivity index (χ0n) is 16.7. The fourth-order valence-electron chi connectivity index (χ4n) is 3.87. The van der Waals surface area contributed by atoms with Gasteiger partial charge in [-0.15, -0.1) is 0 Å². The number of H-pyrrole nitrogens is 1. The van der Waals surface area contributed by atoms with Gasteiger partial charge in [-0.2, -0.15) is 0 Å². The Morgan fingerprint density at radius 3 is 2.64 bits per heavy atom. The van der Waals surface area contributed by atoms with Gasteiger partial charge in [0.1, 0.15) is 12.3 Å². The van der Waals surface area contributed by atoms with Crippen LogP contribution in [0.4, 0.5) is 5.69 Å². The van der Waals surface area contributed by atoms with Crippen molar-refractivity contribution in [1.82, 2.24) is 9.88 Å². The second-order valence-electron chi connectivity index (χ2n) is 8.22. The predicted octanol–water partition coefficient (Wildman–Crippen LogP) is 2.77. The summed E-state index contributed by atoms with van der Waals surface area (Å²) < 4.78 is 4.82. The van der Waals surface area contributed by atoms with Crippen LogP contribution >= 0.6 is 0 Å². The van der Waals surface area contributed by atoms with Crippen LogP contribution in [0.2, 0.25) is 0 Å². The molecule has 3 rings (SSSR count). The molecule has 3 N–H and O–H groups in total. The van der Waals surface area contributed by atoms with Crippen molar-refractivity contribution in [3.05, 3.63) is 30.0 Å². The van der Waals surface area contributed by atoms with Gasteiger partial charge in [-0.3, -0.25) is 9.59 Å². The van der Waals surface area contributed by atoms with E-state index in [0.717, 1.165) is 30.2 Å². The summed E-state index contributed by atoms with van der Waals surface area (Å²) in [7, 11) is 1.47. The average molecular weight is 387 g/mol. The Morgan fingerprint density at radius 2 is 2.00 bits per heavy atom. The number of piperidine rings is 1. The Bertz CT molecular complexity index is 845. The summed E-state index contributed by atoms with van der Waals surface area (Å²) in [6, 6.07) is 7.31. The topological polar surface area (TPSA) is 94.7 Å². The molecule has 1 aromatic heterocycles. The summed E-state index contributed by atoms with van der Waals surface area (Å²) >= 11 is 0. The number of ether oxygens (including phenoxy) is 1. The Labute approximate surface area is 165 Å². The Morgan fingerprint density at radius 1 is 1.29 bits per heavy atom. The number of benzene rings is 1. The lowest BCUT2D eigenvalue weighted by Gasteiger charge is -2.34. The van der Waals surface area contributed by atoms with Crippen LogP contribution in [0, 0.1) is 5.92 Å². The quantitative estimate of drug-likeness (QED) is 0.710. The number of aromatic nitrogens is 1. The van der Waals surface area contributed by atoms with E-state index in [2.05, 4.69) is 10.3 Å². The highest BCUT2D eigenvalue weighted by Gasteiger charge is 2.28. The van der Waals surface area contributed by atoms with E-state index in [9.17, 15) is 14.7 Å². The van der Waals surface area contributed by atoms with E-state index in [4.69, 9.17) is 4.74 Å². The van der Waals surface area contributed by atoms with E-state index in [1.807, 2.05) is 36.9 Å². The van der Waals surface area contributed by atoms with Crippen LogP contribution in [0.5, 0.6) is 0 Å². The highest BCUT2D eigenvalue weighted by atomic mass is 16.5. The number of aliphatic hydroxyl groups is 1. The van der Waals surface area contributed by atoms with Crippen LogP contribution in [0.3, 0.4) is 0 Å². The molecule has 0 spiro atoms. The monoisotopic (exact) mass is 387 g/mol. The van der Waals surface area contributed by atoms with Gasteiger partial charge in [-0.25, -0.2) is 0 Å². The Kier molecular flexibility index (Phi) is 6.05. The van der Waals surface area contributed by atoms with Gasteiger partial charge in [0.05, 0.1) is 5.60 Å². The van der Waals surface area contributed by atoms with Gasteiger partial charge >= 0.3 is 0 Å². The van der Waals surface area contributed by atoms with E-state index in [1.165, 1.54) is 7.11 Å². The summed E-state index contributed by atoms with van der Waals surface area (Å²) in [5.74, 6) is 0.218. The molecule has 0 bridgehead atoms. The number of fused-ring (bicyclic) bond motifs is 1. The van der Waals surface area contributed by atoms with E-state index in [0.29, 0.717) is 30.4 Å². The number of rotatable bonds is 6. The van der Waals surface area contributed by atoms with E-state index in [-0.39, 0.29) is 18.4 Å². The molecule has 0 aliphatic carbocycles. The molecule has 2 heterocycles. The van der Waals surface area contributed by atoms with Crippen molar-refractivity contribution >= 4 is 28.4 Å². The van der Waals surface area contributed by atoms with Crippen LogP contribution in [0.25, 0.3) is 10.9 Å². The molecule has 1 aromatic carbocycles. The first-order valence-corrected chi connectivity index (χ1v) is 9.68. The number of anilines is 1. The first kappa shape index (κ1) is 20.4. The zero-order valence-corrected chi connectivity index (χ0v) is 16.7. The molecule has 0 saturated carbocycles. The molecule has 1 aliphatic heterocycles. The van der Waals surface area contributed by atoms with Crippen molar-refractivity contribution in [2.24, 2.45) is 5.92 Å². The van der Waals surface area contributed by atoms with Gasteiger partial charge < -0.3 is 25.0 Å². The van der Waals surface area contributed by atoms with Gasteiger partial charge in [-0.05, 0) is 63.3 Å². The van der Waals surface area contributed by atoms with Crippen LogP contribution in [0.15, 0.2) is 24.3 Å². The van der Waals surface area contributed by atoms with Crippen LogP contribution < -0.4 is 5.32 Å². The number of nitrogens with zero attached hydrogens (tertiary/aromatic N) is 1. The van der Waals surface area contributed by atoms with Crippen molar-refractivity contribution in [3.63, 3.8) is 0 Å². The molecule has 0 radical (unpaired) electrons. The molecular formula is C21H29N3O4. The molecule has 1 saturated heterocycles. The number of hydrogen-bond acceptors (Lipinski definition) is 4. The third kappa shape index (κ3) is 5.11. The van der Waals surface area contributed by atoms with E-state index < -0.39 is 5.60 Å². The normalized spacial score (nSPS) is 15.8. The number of carbonyl (C=O) groups excluding carboxylic acids is 2. The molecule has 7 nitrogen and oxygen atoms in total. The molecule has 0 atom stereocenters. The minimum atomic E-state index is -0.662. The summed E-state index contributed by atoms with van der Waals surface area (Å²) in [6.45, 7) is 5.07. The molecule has 28 heavy (non-hydrogen) atoms. The molecule has 0 unspecified atom stereocenters. The molecule has 152 valence electrons. The molecular weight excluding hydrogens is 358 g/mol. The van der Waals surface area contributed by atoms with Crippen molar-refractivity contribution in [1.29, 1.82) is 0 Å². The van der Waals surface area contributed by atoms with Gasteiger partial charge in [0.15, 0.2) is 0 Å². The number of nitrogens with one attached hydrogen (secondary N) is 2. The molecule has 2 aromatic rings. The van der Waals surface area contributed by atoms with Crippen LogP contribution in [-0.2, 0) is 9.53 Å². The fourth-order valence-corrected chi connectivity index (χ4v) is 3.87. The van der Waals surface area contributed by atoms with Crippen molar-refractivity contribution < 1.29 is 19.4 Å².